The normalized spacial score (nSPS) is 16.9. The van der Waals surface area contributed by atoms with Crippen LogP contribution in [-0.4, -0.2) is 16.3 Å². The molecule has 3 heteroatoms. The molecular weight excluding hydrogens is 246 g/mol. The maximum absolute atomic E-state index is 4.53. The lowest BCUT2D eigenvalue weighted by Gasteiger charge is -2.34. The molecule has 0 amide bonds. The summed E-state index contributed by atoms with van der Waals surface area (Å²) in [5, 5.41) is 8.26. The minimum atomic E-state index is 0.436. The van der Waals surface area contributed by atoms with Crippen molar-refractivity contribution in [1.29, 1.82) is 0 Å². The maximum atomic E-state index is 4.53. The molecule has 1 unspecified atom stereocenters. The van der Waals surface area contributed by atoms with Crippen molar-refractivity contribution in [3.05, 3.63) is 48.3 Å². The molecule has 20 heavy (non-hydrogen) atoms. The van der Waals surface area contributed by atoms with Crippen molar-refractivity contribution in [3.8, 4) is 5.69 Å². The van der Waals surface area contributed by atoms with Gasteiger partial charge in [0.05, 0.1) is 17.4 Å². The van der Waals surface area contributed by atoms with Gasteiger partial charge in [-0.1, -0.05) is 31.5 Å². The van der Waals surface area contributed by atoms with E-state index >= 15 is 0 Å². The summed E-state index contributed by atoms with van der Waals surface area (Å²) < 4.78 is 2.09. The Morgan fingerprint density at radius 1 is 1.25 bits per heavy atom. The highest BCUT2D eigenvalue weighted by Gasteiger charge is 2.30. The van der Waals surface area contributed by atoms with Crippen LogP contribution < -0.4 is 5.32 Å². The molecule has 0 aliphatic heterocycles. The predicted molar refractivity (Wildman–Crippen MR) is 81.9 cm³/mol. The van der Waals surface area contributed by atoms with Gasteiger partial charge in [-0.05, 0) is 49.9 Å². The first-order valence-electron chi connectivity index (χ1n) is 7.73. The van der Waals surface area contributed by atoms with Gasteiger partial charge in [0.1, 0.15) is 0 Å². The molecule has 0 spiro atoms. The van der Waals surface area contributed by atoms with E-state index in [1.807, 2.05) is 12.3 Å². The van der Waals surface area contributed by atoms with Crippen LogP contribution in [0.3, 0.4) is 0 Å². The van der Waals surface area contributed by atoms with Crippen molar-refractivity contribution in [2.75, 3.05) is 6.54 Å². The van der Waals surface area contributed by atoms with Crippen molar-refractivity contribution in [2.24, 2.45) is 5.92 Å². The Balaban J connectivity index is 1.89. The Morgan fingerprint density at radius 3 is 2.70 bits per heavy atom. The second kappa shape index (κ2) is 6.23. The number of hydrogen-bond acceptors (Lipinski definition) is 2. The molecule has 1 fully saturated rings. The highest BCUT2D eigenvalue weighted by atomic mass is 15.3. The molecule has 2 aromatic rings. The summed E-state index contributed by atoms with van der Waals surface area (Å²) in [5.74, 6) is 0.765. The molecular formula is C17H23N3. The third-order valence-corrected chi connectivity index (χ3v) is 4.23. The summed E-state index contributed by atoms with van der Waals surface area (Å²) in [6.07, 6.45) is 7.13. The first-order valence-corrected chi connectivity index (χ1v) is 7.73. The van der Waals surface area contributed by atoms with Gasteiger partial charge in [0.15, 0.2) is 0 Å². The van der Waals surface area contributed by atoms with Gasteiger partial charge in [-0.15, -0.1) is 0 Å². The lowest BCUT2D eigenvalue weighted by atomic mass is 9.78. The van der Waals surface area contributed by atoms with Gasteiger partial charge in [0.2, 0.25) is 0 Å². The summed E-state index contributed by atoms with van der Waals surface area (Å²) in [4.78, 5) is 0. The topological polar surface area (TPSA) is 29.9 Å². The number of hydrogen-bond donors (Lipinski definition) is 1. The minimum absolute atomic E-state index is 0.436. The molecule has 1 aliphatic carbocycles. The van der Waals surface area contributed by atoms with Crippen molar-refractivity contribution >= 4 is 0 Å². The molecule has 0 bridgehead atoms. The molecule has 1 aromatic carbocycles. The van der Waals surface area contributed by atoms with Gasteiger partial charge in [-0.2, -0.15) is 5.10 Å². The van der Waals surface area contributed by atoms with Crippen molar-refractivity contribution in [1.82, 2.24) is 15.1 Å². The maximum Gasteiger partial charge on any atom is 0.0649 e. The van der Waals surface area contributed by atoms with E-state index in [2.05, 4.69) is 52.4 Å². The monoisotopic (exact) mass is 269 g/mol. The van der Waals surface area contributed by atoms with Crippen LogP contribution in [0.25, 0.3) is 5.69 Å². The SMILES string of the molecule is CCCNC(c1ccnn1-c1ccccc1)C1CCC1. The quantitative estimate of drug-likeness (QED) is 0.866. The molecule has 3 nitrogen and oxygen atoms in total. The number of nitrogens with one attached hydrogen (secondary N) is 1. The average molecular weight is 269 g/mol. The van der Waals surface area contributed by atoms with Crippen LogP contribution in [0.2, 0.25) is 0 Å². The molecule has 1 aromatic heterocycles. The number of aromatic nitrogens is 2. The largest absolute Gasteiger partial charge is 0.308 e. The second-order valence-corrected chi connectivity index (χ2v) is 5.63. The van der Waals surface area contributed by atoms with Gasteiger partial charge < -0.3 is 5.32 Å². The number of benzene rings is 1. The molecule has 106 valence electrons. The lowest BCUT2D eigenvalue weighted by Crippen LogP contribution is -2.34. The second-order valence-electron chi connectivity index (χ2n) is 5.63. The molecule has 3 rings (SSSR count). The average Bonchev–Trinajstić information content (AvgIpc) is 2.91. The number of rotatable bonds is 6. The molecule has 1 aliphatic rings. The molecule has 1 N–H and O–H groups in total. The van der Waals surface area contributed by atoms with Crippen LogP contribution in [0.1, 0.15) is 44.3 Å². The van der Waals surface area contributed by atoms with Crippen LogP contribution in [0.4, 0.5) is 0 Å². The number of para-hydroxylation sites is 1. The Kier molecular flexibility index (Phi) is 4.16. The Labute approximate surface area is 121 Å². The van der Waals surface area contributed by atoms with Crippen molar-refractivity contribution in [2.45, 2.75) is 38.6 Å². The fraction of sp³-hybridized carbons (Fsp3) is 0.471. The lowest BCUT2D eigenvalue weighted by molar-refractivity contribution is 0.225. The van der Waals surface area contributed by atoms with Crippen molar-refractivity contribution in [3.63, 3.8) is 0 Å². The molecule has 1 heterocycles. The molecule has 1 atom stereocenters. The fourth-order valence-electron chi connectivity index (χ4n) is 2.92. The molecule has 0 radical (unpaired) electrons. The fourth-order valence-corrected chi connectivity index (χ4v) is 2.92. The van der Waals surface area contributed by atoms with E-state index in [1.54, 1.807) is 0 Å². The van der Waals surface area contributed by atoms with Gasteiger partial charge in [0.25, 0.3) is 0 Å². The summed E-state index contributed by atoms with van der Waals surface area (Å²) in [6.45, 7) is 3.29. The van der Waals surface area contributed by atoms with Crippen LogP contribution in [0.15, 0.2) is 42.6 Å². The van der Waals surface area contributed by atoms with Crippen molar-refractivity contribution < 1.29 is 0 Å². The van der Waals surface area contributed by atoms with Gasteiger partial charge in [-0.25, -0.2) is 4.68 Å². The third kappa shape index (κ3) is 2.63. The Morgan fingerprint density at radius 2 is 2.05 bits per heavy atom. The van der Waals surface area contributed by atoms with Gasteiger partial charge in [-0.3, -0.25) is 0 Å². The van der Waals surface area contributed by atoms with E-state index in [9.17, 15) is 0 Å². The van der Waals surface area contributed by atoms with E-state index in [4.69, 9.17) is 0 Å². The Hall–Kier alpha value is -1.61. The predicted octanol–water partition coefficient (Wildman–Crippen LogP) is 3.71. The van der Waals surface area contributed by atoms with E-state index in [0.717, 1.165) is 18.2 Å². The highest BCUT2D eigenvalue weighted by molar-refractivity contribution is 5.33. The standard InChI is InChI=1S/C17H23N3/c1-2-12-18-17(14-7-6-8-14)16-11-13-19-20(16)15-9-4-3-5-10-15/h3-5,9-11,13-14,17-18H,2,6-8,12H2,1H3. The third-order valence-electron chi connectivity index (χ3n) is 4.23. The van der Waals surface area contributed by atoms with E-state index < -0.39 is 0 Å². The van der Waals surface area contributed by atoms with Crippen LogP contribution in [0, 0.1) is 5.92 Å². The zero-order chi connectivity index (χ0) is 13.8. The van der Waals surface area contributed by atoms with Crippen LogP contribution >= 0.6 is 0 Å². The summed E-state index contributed by atoms with van der Waals surface area (Å²) in [7, 11) is 0. The summed E-state index contributed by atoms with van der Waals surface area (Å²) >= 11 is 0. The number of nitrogens with zero attached hydrogens (tertiary/aromatic N) is 2. The Bertz CT molecular complexity index is 528. The van der Waals surface area contributed by atoms with E-state index in [-0.39, 0.29) is 0 Å². The first-order chi connectivity index (χ1) is 9.90. The van der Waals surface area contributed by atoms with E-state index in [0.29, 0.717) is 6.04 Å². The molecule has 0 saturated heterocycles. The summed E-state index contributed by atoms with van der Waals surface area (Å²) in [5.41, 5.74) is 2.45. The van der Waals surface area contributed by atoms with Crippen LogP contribution in [0.5, 0.6) is 0 Å². The highest BCUT2D eigenvalue weighted by Crippen LogP contribution is 2.38. The van der Waals surface area contributed by atoms with Gasteiger partial charge >= 0.3 is 0 Å². The summed E-state index contributed by atoms with van der Waals surface area (Å²) in [6, 6.07) is 13.0. The van der Waals surface area contributed by atoms with Gasteiger partial charge in [0, 0.05) is 6.20 Å². The van der Waals surface area contributed by atoms with E-state index in [1.165, 1.54) is 31.4 Å². The first kappa shape index (κ1) is 13.4. The van der Waals surface area contributed by atoms with Crippen LogP contribution in [-0.2, 0) is 0 Å². The smallest absolute Gasteiger partial charge is 0.0649 e. The zero-order valence-electron chi connectivity index (χ0n) is 12.1. The minimum Gasteiger partial charge on any atom is -0.308 e. The zero-order valence-corrected chi connectivity index (χ0v) is 12.1. The molecule has 1 saturated carbocycles.